The van der Waals surface area contributed by atoms with Crippen LogP contribution in [0.2, 0.25) is 0 Å². The minimum Gasteiger partial charge on any atom is -0.493 e. The van der Waals surface area contributed by atoms with E-state index in [2.05, 4.69) is 45.0 Å². The quantitative estimate of drug-likeness (QED) is 0.337. The lowest BCUT2D eigenvalue weighted by atomic mass is 9.97. The fourth-order valence-electron chi connectivity index (χ4n) is 4.62. The van der Waals surface area contributed by atoms with Crippen LogP contribution in [-0.2, 0) is 0 Å². The molecule has 5 nitrogen and oxygen atoms in total. The third-order valence-electron chi connectivity index (χ3n) is 6.72. The zero-order valence-corrected chi connectivity index (χ0v) is 20.4. The van der Waals surface area contributed by atoms with Crippen LogP contribution in [0.25, 0.3) is 33.3 Å². The summed E-state index contributed by atoms with van der Waals surface area (Å²) in [7, 11) is 2.18. The van der Waals surface area contributed by atoms with Gasteiger partial charge in [-0.1, -0.05) is 12.1 Å². The molecule has 0 atom stereocenters. The third-order valence-corrected chi connectivity index (χ3v) is 6.72. The molecule has 1 aliphatic heterocycles. The van der Waals surface area contributed by atoms with Crippen LogP contribution in [-0.4, -0.2) is 66.1 Å². The van der Waals surface area contributed by atoms with Gasteiger partial charge in [0, 0.05) is 61.6 Å². The lowest BCUT2D eigenvalue weighted by Gasteiger charge is -2.32. The Bertz CT molecular complexity index is 1320. The van der Waals surface area contributed by atoms with Crippen molar-refractivity contribution in [1.29, 1.82) is 0 Å². The van der Waals surface area contributed by atoms with Crippen molar-refractivity contribution in [3.63, 3.8) is 0 Å². The van der Waals surface area contributed by atoms with Gasteiger partial charge >= 0.3 is 0 Å². The molecule has 1 aliphatic rings. The van der Waals surface area contributed by atoms with Crippen LogP contribution in [0.1, 0.15) is 12.0 Å². The predicted octanol–water partition coefficient (Wildman–Crippen LogP) is 5.43. The first-order valence-electron chi connectivity index (χ1n) is 12.2. The van der Waals surface area contributed by atoms with Gasteiger partial charge in [0.1, 0.15) is 11.6 Å². The molecule has 0 N–H and O–H groups in total. The zero-order valence-electron chi connectivity index (χ0n) is 20.4. The van der Waals surface area contributed by atoms with Crippen LogP contribution in [0.4, 0.5) is 4.39 Å². The van der Waals surface area contributed by atoms with E-state index in [9.17, 15) is 4.39 Å². The fraction of sp³-hybridized carbons (Fsp3) is 0.310. The highest BCUT2D eigenvalue weighted by Gasteiger charge is 2.14. The summed E-state index contributed by atoms with van der Waals surface area (Å²) in [5.74, 6) is 0.635. The molecule has 180 valence electrons. The van der Waals surface area contributed by atoms with E-state index < -0.39 is 0 Å². The molecule has 1 fully saturated rings. The number of aryl methyl sites for hydroxylation is 1. The number of benzene rings is 2. The Balaban J connectivity index is 1.37. The topological polar surface area (TPSA) is 41.5 Å². The van der Waals surface area contributed by atoms with Gasteiger partial charge in [0.25, 0.3) is 0 Å². The van der Waals surface area contributed by atoms with E-state index in [1.54, 1.807) is 25.4 Å². The molecule has 0 bridgehead atoms. The second kappa shape index (κ2) is 10.5. The second-order valence-electron chi connectivity index (χ2n) is 9.25. The lowest BCUT2D eigenvalue weighted by molar-refractivity contribution is 0.145. The number of likely N-dealkylation sites (N-methyl/N-ethyl adjacent to an activating group) is 1. The molecule has 0 spiro atoms. The number of rotatable bonds is 7. The molecular weight excluding hydrogens is 439 g/mol. The van der Waals surface area contributed by atoms with Crippen molar-refractivity contribution in [3.05, 3.63) is 78.4 Å². The number of ether oxygens (including phenoxy) is 1. The van der Waals surface area contributed by atoms with Gasteiger partial charge in [-0.2, -0.15) is 0 Å². The predicted molar refractivity (Wildman–Crippen MR) is 139 cm³/mol. The minimum absolute atomic E-state index is 0.211. The van der Waals surface area contributed by atoms with E-state index in [-0.39, 0.29) is 5.82 Å². The Labute approximate surface area is 206 Å². The molecule has 0 saturated carbocycles. The summed E-state index contributed by atoms with van der Waals surface area (Å²) in [4.78, 5) is 14.0. The number of aromatic nitrogens is 2. The number of halogens is 1. The summed E-state index contributed by atoms with van der Waals surface area (Å²) in [6.07, 6.45) is 4.56. The van der Waals surface area contributed by atoms with Crippen LogP contribution in [0.5, 0.6) is 5.75 Å². The molecule has 6 heteroatoms. The number of hydrogen-bond donors (Lipinski definition) is 0. The van der Waals surface area contributed by atoms with E-state index in [0.29, 0.717) is 12.2 Å². The average Bonchev–Trinajstić information content (AvgIpc) is 2.89. The summed E-state index contributed by atoms with van der Waals surface area (Å²) >= 11 is 0. The van der Waals surface area contributed by atoms with E-state index in [0.717, 1.165) is 78.2 Å². The smallest absolute Gasteiger partial charge is 0.130 e. The first-order chi connectivity index (χ1) is 17.1. The van der Waals surface area contributed by atoms with Crippen LogP contribution < -0.4 is 4.74 Å². The Hall–Kier alpha value is -3.35. The lowest BCUT2D eigenvalue weighted by Crippen LogP contribution is -2.44. The molecule has 3 heterocycles. The van der Waals surface area contributed by atoms with Gasteiger partial charge in [-0.15, -0.1) is 0 Å². The Morgan fingerprint density at radius 2 is 1.74 bits per heavy atom. The third kappa shape index (κ3) is 5.34. The number of fused-ring (bicyclic) bond motifs is 1. The summed E-state index contributed by atoms with van der Waals surface area (Å²) in [5, 5.41) is 0.981. The zero-order chi connectivity index (χ0) is 24.2. The molecule has 0 amide bonds. The number of hydrogen-bond acceptors (Lipinski definition) is 5. The standard InChI is InChI=1S/C29H31FN4O/c1-21-19-23(6-8-26(21)30)29-24(5-3-11-32-29)22-7-9-27-25(20-22)28(10-12-31-27)35-18-4-13-34-16-14-33(2)15-17-34/h3,5-12,19-20H,4,13-18H2,1-2H3. The van der Waals surface area contributed by atoms with Crippen LogP contribution >= 0.6 is 0 Å². The molecular formula is C29H31FN4O. The summed E-state index contributed by atoms with van der Waals surface area (Å²) < 4.78 is 20.1. The largest absolute Gasteiger partial charge is 0.493 e. The highest BCUT2D eigenvalue weighted by atomic mass is 19.1. The van der Waals surface area contributed by atoms with Crippen molar-refractivity contribution in [3.8, 4) is 28.1 Å². The number of piperazine rings is 1. The fourth-order valence-corrected chi connectivity index (χ4v) is 4.62. The summed E-state index contributed by atoms with van der Waals surface area (Å²) in [6.45, 7) is 8.01. The van der Waals surface area contributed by atoms with E-state index in [4.69, 9.17) is 4.74 Å². The SMILES string of the molecule is Cc1cc(-c2ncccc2-c2ccc3nccc(OCCCN4CCN(C)CC4)c3c2)ccc1F. The summed E-state index contributed by atoms with van der Waals surface area (Å²) in [6, 6.07) is 17.3. The molecule has 0 unspecified atom stereocenters. The highest BCUT2D eigenvalue weighted by Crippen LogP contribution is 2.34. The van der Waals surface area contributed by atoms with E-state index in [1.807, 2.05) is 24.3 Å². The van der Waals surface area contributed by atoms with Gasteiger partial charge in [0.2, 0.25) is 0 Å². The molecule has 5 rings (SSSR count). The maximum atomic E-state index is 13.9. The molecule has 2 aromatic carbocycles. The van der Waals surface area contributed by atoms with Gasteiger partial charge < -0.3 is 14.5 Å². The minimum atomic E-state index is -0.211. The Morgan fingerprint density at radius 3 is 2.57 bits per heavy atom. The summed E-state index contributed by atoms with van der Waals surface area (Å²) in [5.41, 5.74) is 5.24. The van der Waals surface area contributed by atoms with Gasteiger partial charge in [-0.05, 0) is 74.0 Å². The molecule has 4 aromatic rings. The molecule has 0 aliphatic carbocycles. The van der Waals surface area contributed by atoms with Crippen LogP contribution in [0, 0.1) is 12.7 Å². The molecule has 0 radical (unpaired) electrons. The Kier molecular flexibility index (Phi) is 7.02. The second-order valence-corrected chi connectivity index (χ2v) is 9.25. The van der Waals surface area contributed by atoms with Gasteiger partial charge in [0.05, 0.1) is 17.8 Å². The highest BCUT2D eigenvalue weighted by molar-refractivity contribution is 5.91. The van der Waals surface area contributed by atoms with Crippen molar-refractivity contribution in [2.24, 2.45) is 0 Å². The first-order valence-corrected chi connectivity index (χ1v) is 12.2. The molecule has 1 saturated heterocycles. The van der Waals surface area contributed by atoms with Gasteiger partial charge in [-0.25, -0.2) is 4.39 Å². The Morgan fingerprint density at radius 1 is 0.914 bits per heavy atom. The van der Waals surface area contributed by atoms with Crippen LogP contribution in [0.3, 0.4) is 0 Å². The first kappa shape index (κ1) is 23.4. The van der Waals surface area contributed by atoms with Crippen molar-refractivity contribution in [2.45, 2.75) is 13.3 Å². The molecule has 35 heavy (non-hydrogen) atoms. The number of pyridine rings is 2. The van der Waals surface area contributed by atoms with Gasteiger partial charge in [-0.3, -0.25) is 9.97 Å². The van der Waals surface area contributed by atoms with Crippen molar-refractivity contribution in [1.82, 2.24) is 19.8 Å². The van der Waals surface area contributed by atoms with Crippen LogP contribution in [0.15, 0.2) is 67.0 Å². The number of nitrogens with zero attached hydrogens (tertiary/aromatic N) is 4. The van der Waals surface area contributed by atoms with Gasteiger partial charge in [0.15, 0.2) is 0 Å². The van der Waals surface area contributed by atoms with Crippen molar-refractivity contribution >= 4 is 10.9 Å². The maximum Gasteiger partial charge on any atom is 0.130 e. The van der Waals surface area contributed by atoms with E-state index >= 15 is 0 Å². The van der Waals surface area contributed by atoms with Crippen molar-refractivity contribution < 1.29 is 9.13 Å². The normalized spacial score (nSPS) is 14.9. The maximum absolute atomic E-state index is 13.9. The monoisotopic (exact) mass is 470 g/mol. The molecule has 2 aromatic heterocycles. The van der Waals surface area contributed by atoms with Crippen molar-refractivity contribution in [2.75, 3.05) is 46.4 Å². The average molecular weight is 471 g/mol. The van der Waals surface area contributed by atoms with E-state index in [1.165, 1.54) is 6.07 Å².